The van der Waals surface area contributed by atoms with Crippen molar-refractivity contribution in [1.82, 2.24) is 0 Å². The van der Waals surface area contributed by atoms with Crippen molar-refractivity contribution in [2.24, 2.45) is 0 Å². The van der Waals surface area contributed by atoms with Crippen LogP contribution in [0.25, 0.3) is 0 Å². The van der Waals surface area contributed by atoms with Gasteiger partial charge in [-0.2, -0.15) is 0 Å². The lowest BCUT2D eigenvalue weighted by atomic mass is 9.92. The van der Waals surface area contributed by atoms with Crippen LogP contribution in [-0.2, 0) is 0 Å². The summed E-state index contributed by atoms with van der Waals surface area (Å²) in [6.45, 7) is 2.03. The van der Waals surface area contributed by atoms with E-state index >= 15 is 0 Å². The summed E-state index contributed by atoms with van der Waals surface area (Å²) < 4.78 is 18.8. The summed E-state index contributed by atoms with van der Waals surface area (Å²) in [5.74, 6) is 0.791. The van der Waals surface area contributed by atoms with Gasteiger partial charge in [-0.1, -0.05) is 28.7 Å². The summed E-state index contributed by atoms with van der Waals surface area (Å²) in [7, 11) is 0. The monoisotopic (exact) mass is 354 g/mol. The second-order valence-corrected chi connectivity index (χ2v) is 6.85. The number of alkyl halides is 2. The quantitative estimate of drug-likeness (QED) is 0.575. The van der Waals surface area contributed by atoms with E-state index in [1.807, 2.05) is 13.0 Å². The smallest absolute Gasteiger partial charge is 0.126 e. The third kappa shape index (κ3) is 2.62. The molecule has 1 aliphatic heterocycles. The van der Waals surface area contributed by atoms with Crippen LogP contribution in [0, 0.1) is 5.82 Å². The summed E-state index contributed by atoms with van der Waals surface area (Å²) in [4.78, 5) is 0. The van der Waals surface area contributed by atoms with Crippen LogP contribution in [-0.4, -0.2) is 9.49 Å². The van der Waals surface area contributed by atoms with Crippen LogP contribution in [0.2, 0.25) is 0 Å². The van der Waals surface area contributed by atoms with E-state index in [1.54, 1.807) is 0 Å². The molecule has 0 radical (unpaired) electrons. The molecule has 0 bridgehead atoms. The molecule has 4 heteroatoms. The van der Waals surface area contributed by atoms with Crippen LogP contribution in [0.1, 0.15) is 31.2 Å². The fourth-order valence-corrected chi connectivity index (χ4v) is 2.63. The van der Waals surface area contributed by atoms with Gasteiger partial charge < -0.3 is 4.74 Å². The summed E-state index contributed by atoms with van der Waals surface area (Å²) in [5, 5.41) is 0. The van der Waals surface area contributed by atoms with Crippen molar-refractivity contribution >= 4 is 34.2 Å². The molecular weight excluding hydrogens is 341 g/mol. The number of hydrogen-bond acceptors (Lipinski definition) is 1. The Kier molecular flexibility index (Phi) is 3.95. The van der Waals surface area contributed by atoms with Crippen molar-refractivity contribution in [3.05, 3.63) is 29.6 Å². The zero-order chi connectivity index (χ0) is 11.7. The number of ether oxygens (including phenoxy) is 1. The van der Waals surface area contributed by atoms with Gasteiger partial charge in [-0.25, -0.2) is 4.39 Å². The lowest BCUT2D eigenvalue weighted by molar-refractivity contribution is 0.220. The Bertz CT molecular complexity index is 383. The van der Waals surface area contributed by atoms with Crippen molar-refractivity contribution < 1.29 is 9.13 Å². The molecule has 88 valence electrons. The van der Waals surface area contributed by atoms with E-state index in [1.165, 1.54) is 12.1 Å². The first-order chi connectivity index (χ1) is 7.58. The van der Waals surface area contributed by atoms with E-state index in [0.717, 1.165) is 18.4 Å². The number of rotatable bonds is 3. The van der Waals surface area contributed by atoms with Crippen LogP contribution in [0.4, 0.5) is 4.39 Å². The van der Waals surface area contributed by atoms with Gasteiger partial charge >= 0.3 is 0 Å². The minimum absolute atomic E-state index is 0.114. The molecule has 2 rings (SSSR count). The van der Waals surface area contributed by atoms with Gasteiger partial charge in [0.25, 0.3) is 0 Å². The molecule has 1 aromatic rings. The third-order valence-corrected chi connectivity index (χ3v) is 3.79. The second-order valence-electron chi connectivity index (χ2n) is 4.08. The molecule has 3 atom stereocenters. The number of hydrogen-bond donors (Lipinski definition) is 0. The predicted molar refractivity (Wildman–Crippen MR) is 72.1 cm³/mol. The molecular formula is C12H13ClFIO. The van der Waals surface area contributed by atoms with E-state index in [0.29, 0.717) is 11.7 Å². The maximum atomic E-state index is 13.0. The van der Waals surface area contributed by atoms with Crippen LogP contribution in [0.15, 0.2) is 18.2 Å². The first-order valence-corrected chi connectivity index (χ1v) is 7.00. The van der Waals surface area contributed by atoms with Gasteiger partial charge in [0.05, 0.1) is 3.38 Å². The molecule has 1 nitrogen and oxygen atoms in total. The van der Waals surface area contributed by atoms with Gasteiger partial charge in [0, 0.05) is 17.5 Å². The SMILES string of the molecule is CC1Oc2cc(F)ccc2C1CC[C@H](Cl)I. The van der Waals surface area contributed by atoms with E-state index < -0.39 is 0 Å². The summed E-state index contributed by atoms with van der Waals surface area (Å²) in [5.41, 5.74) is 1.11. The number of fused-ring (bicyclic) bond motifs is 1. The van der Waals surface area contributed by atoms with Gasteiger partial charge in [-0.05, 0) is 25.8 Å². The van der Waals surface area contributed by atoms with Crippen molar-refractivity contribution in [3.8, 4) is 5.75 Å². The second kappa shape index (κ2) is 5.08. The lowest BCUT2D eigenvalue weighted by Crippen LogP contribution is -2.14. The van der Waals surface area contributed by atoms with Gasteiger partial charge in [0.2, 0.25) is 0 Å². The van der Waals surface area contributed by atoms with E-state index in [2.05, 4.69) is 22.6 Å². The zero-order valence-electron chi connectivity index (χ0n) is 8.92. The number of halogens is 3. The van der Waals surface area contributed by atoms with Gasteiger partial charge in [0.1, 0.15) is 17.7 Å². The summed E-state index contributed by atoms with van der Waals surface area (Å²) in [6.07, 6.45) is 2.04. The molecule has 0 aromatic heterocycles. The van der Waals surface area contributed by atoms with Crippen LogP contribution in [0.3, 0.4) is 0 Å². The van der Waals surface area contributed by atoms with E-state index in [-0.39, 0.29) is 15.3 Å². The lowest BCUT2D eigenvalue weighted by Gasteiger charge is -2.14. The fourth-order valence-electron chi connectivity index (χ4n) is 2.15. The summed E-state index contributed by atoms with van der Waals surface area (Å²) in [6, 6.07) is 4.79. The third-order valence-electron chi connectivity index (χ3n) is 2.95. The molecule has 1 aromatic carbocycles. The molecule has 0 fully saturated rings. The highest BCUT2D eigenvalue weighted by Crippen LogP contribution is 2.41. The highest BCUT2D eigenvalue weighted by molar-refractivity contribution is 14.1. The Balaban J connectivity index is 2.16. The first kappa shape index (κ1) is 12.4. The van der Waals surface area contributed by atoms with Crippen molar-refractivity contribution in [1.29, 1.82) is 0 Å². The topological polar surface area (TPSA) is 9.23 Å². The fraction of sp³-hybridized carbons (Fsp3) is 0.500. The molecule has 16 heavy (non-hydrogen) atoms. The maximum absolute atomic E-state index is 13.0. The van der Waals surface area contributed by atoms with Crippen LogP contribution in [0.5, 0.6) is 5.75 Å². The standard InChI is InChI=1S/C12H13ClFIO/c1-7-9(4-5-12(13)15)10-3-2-8(14)6-11(10)16-7/h2-3,6-7,9,12H,4-5H2,1H3/t7?,9?,12-/m1/s1. The van der Waals surface area contributed by atoms with Crippen molar-refractivity contribution in [2.45, 2.75) is 35.2 Å². The average Bonchev–Trinajstić information content (AvgIpc) is 2.50. The molecule has 0 saturated carbocycles. The summed E-state index contributed by atoms with van der Waals surface area (Å²) >= 11 is 8.15. The highest BCUT2D eigenvalue weighted by Gasteiger charge is 2.31. The van der Waals surface area contributed by atoms with Crippen LogP contribution < -0.4 is 4.74 Å². The molecule has 0 saturated heterocycles. The maximum Gasteiger partial charge on any atom is 0.126 e. The predicted octanol–water partition coefficient (Wildman–Crippen LogP) is 4.47. The number of benzene rings is 1. The molecule has 0 spiro atoms. The minimum Gasteiger partial charge on any atom is -0.490 e. The highest BCUT2D eigenvalue weighted by atomic mass is 127. The Hall–Kier alpha value is -0.0300. The molecule has 1 heterocycles. The Morgan fingerprint density at radius 3 is 3.00 bits per heavy atom. The van der Waals surface area contributed by atoms with Crippen molar-refractivity contribution in [3.63, 3.8) is 0 Å². The molecule has 1 aliphatic rings. The first-order valence-electron chi connectivity index (χ1n) is 5.32. The van der Waals surface area contributed by atoms with Crippen LogP contribution >= 0.6 is 34.2 Å². The minimum atomic E-state index is -0.240. The van der Waals surface area contributed by atoms with E-state index in [9.17, 15) is 4.39 Å². The Labute approximate surface area is 113 Å². The van der Waals surface area contributed by atoms with E-state index in [4.69, 9.17) is 16.3 Å². The van der Waals surface area contributed by atoms with Gasteiger partial charge in [-0.3, -0.25) is 0 Å². The molecule has 0 amide bonds. The molecule has 2 unspecified atom stereocenters. The normalized spacial score (nSPS) is 25.0. The zero-order valence-corrected chi connectivity index (χ0v) is 11.8. The van der Waals surface area contributed by atoms with Crippen molar-refractivity contribution in [2.75, 3.05) is 0 Å². The largest absolute Gasteiger partial charge is 0.490 e. The molecule has 0 aliphatic carbocycles. The molecule has 0 N–H and O–H groups in total. The Morgan fingerprint density at radius 1 is 1.56 bits per heavy atom. The Morgan fingerprint density at radius 2 is 2.31 bits per heavy atom. The van der Waals surface area contributed by atoms with Gasteiger partial charge in [0.15, 0.2) is 0 Å². The van der Waals surface area contributed by atoms with Gasteiger partial charge in [-0.15, -0.1) is 11.6 Å². The average molecular weight is 355 g/mol.